The van der Waals surface area contributed by atoms with Crippen LogP contribution in [0.15, 0.2) is 42.0 Å². The third-order valence-electron chi connectivity index (χ3n) is 6.75. The van der Waals surface area contributed by atoms with Crippen LogP contribution in [0.25, 0.3) is 0 Å². The van der Waals surface area contributed by atoms with Gasteiger partial charge in [-0.2, -0.15) is 0 Å². The lowest BCUT2D eigenvalue weighted by atomic mass is 9.56. The first-order valence-corrected chi connectivity index (χ1v) is 9.59. The van der Waals surface area contributed by atoms with Crippen LogP contribution in [0.4, 0.5) is 5.69 Å². The zero-order chi connectivity index (χ0) is 18.0. The molecule has 0 heterocycles. The maximum atomic E-state index is 11.2. The molecule has 0 radical (unpaired) electrons. The minimum absolute atomic E-state index is 0.188. The zero-order valence-corrected chi connectivity index (χ0v) is 16.1. The van der Waals surface area contributed by atoms with Crippen molar-refractivity contribution < 1.29 is 4.79 Å². The second-order valence-corrected chi connectivity index (χ2v) is 8.52. The van der Waals surface area contributed by atoms with Gasteiger partial charge in [0, 0.05) is 31.8 Å². The molecule has 2 aliphatic carbocycles. The molecule has 25 heavy (non-hydrogen) atoms. The van der Waals surface area contributed by atoms with Crippen LogP contribution in [0.5, 0.6) is 0 Å². The van der Waals surface area contributed by atoms with Gasteiger partial charge in [-0.15, -0.1) is 0 Å². The minimum atomic E-state index is 0.188. The van der Waals surface area contributed by atoms with Gasteiger partial charge in [-0.3, -0.25) is 0 Å². The standard InChI is InChI=1S/C23H31NO/c1-17-6-5-13-23(2)14-11-19(16-22(17)23)21(12-15-25)18-7-9-20(10-8-18)24(3)4/h6-10,12,19,21-22H,5,11,13-14,16H2,1-4H3. The van der Waals surface area contributed by atoms with Crippen LogP contribution in [0.1, 0.15) is 57.4 Å². The van der Waals surface area contributed by atoms with Crippen molar-refractivity contribution in [1.29, 1.82) is 0 Å². The van der Waals surface area contributed by atoms with E-state index in [-0.39, 0.29) is 5.92 Å². The Balaban J connectivity index is 1.85. The molecule has 1 aromatic carbocycles. The molecule has 0 N–H and O–H groups in total. The van der Waals surface area contributed by atoms with E-state index in [2.05, 4.69) is 69.1 Å². The molecule has 0 aliphatic heterocycles. The molecule has 2 nitrogen and oxygen atoms in total. The van der Waals surface area contributed by atoms with Gasteiger partial charge in [-0.1, -0.05) is 30.7 Å². The van der Waals surface area contributed by atoms with Crippen LogP contribution in [0, 0.1) is 17.3 Å². The van der Waals surface area contributed by atoms with Gasteiger partial charge in [-0.25, -0.2) is 4.79 Å². The topological polar surface area (TPSA) is 20.3 Å². The average molecular weight is 338 g/mol. The van der Waals surface area contributed by atoms with E-state index in [4.69, 9.17) is 0 Å². The van der Waals surface area contributed by atoms with E-state index in [0.29, 0.717) is 17.3 Å². The van der Waals surface area contributed by atoms with Gasteiger partial charge in [0.05, 0.1) is 0 Å². The van der Waals surface area contributed by atoms with Crippen LogP contribution < -0.4 is 4.90 Å². The van der Waals surface area contributed by atoms with E-state index in [0.717, 1.165) is 0 Å². The highest BCUT2D eigenvalue weighted by atomic mass is 16.1. The second kappa shape index (κ2) is 7.22. The Hall–Kier alpha value is -1.79. The summed E-state index contributed by atoms with van der Waals surface area (Å²) >= 11 is 0. The van der Waals surface area contributed by atoms with Crippen molar-refractivity contribution in [2.24, 2.45) is 17.3 Å². The average Bonchev–Trinajstić information content (AvgIpc) is 2.60. The van der Waals surface area contributed by atoms with Crippen molar-refractivity contribution in [2.45, 2.75) is 51.9 Å². The predicted octanol–water partition coefficient (Wildman–Crippen LogP) is 5.39. The summed E-state index contributed by atoms with van der Waals surface area (Å²) in [4.78, 5) is 13.3. The number of hydrogen-bond donors (Lipinski definition) is 0. The molecule has 4 atom stereocenters. The Bertz CT molecular complexity index is 681. The van der Waals surface area contributed by atoms with Crippen molar-refractivity contribution in [2.75, 3.05) is 19.0 Å². The van der Waals surface area contributed by atoms with E-state index >= 15 is 0 Å². The van der Waals surface area contributed by atoms with Gasteiger partial charge in [0.1, 0.15) is 5.94 Å². The SMILES string of the molecule is CC1=CCCC2(C)CCC(C(C=C=O)c3ccc(N(C)C)cc3)CC12. The fourth-order valence-electron chi connectivity index (χ4n) is 5.10. The lowest BCUT2D eigenvalue weighted by Crippen LogP contribution is -2.38. The quantitative estimate of drug-likeness (QED) is 0.542. The first kappa shape index (κ1) is 18.0. The molecule has 1 aromatic rings. The molecular formula is C23H31NO. The van der Waals surface area contributed by atoms with Crippen LogP contribution in [0.3, 0.4) is 0 Å². The third kappa shape index (κ3) is 3.60. The first-order chi connectivity index (χ1) is 11.9. The highest BCUT2D eigenvalue weighted by Crippen LogP contribution is 2.54. The Morgan fingerprint density at radius 2 is 1.96 bits per heavy atom. The van der Waals surface area contributed by atoms with E-state index in [9.17, 15) is 4.79 Å². The van der Waals surface area contributed by atoms with E-state index in [1.165, 1.54) is 43.4 Å². The zero-order valence-electron chi connectivity index (χ0n) is 16.1. The minimum Gasteiger partial charge on any atom is -0.378 e. The van der Waals surface area contributed by atoms with Gasteiger partial charge in [0.2, 0.25) is 0 Å². The number of allylic oxidation sites excluding steroid dienone is 3. The number of rotatable bonds is 4. The molecule has 3 rings (SSSR count). The largest absolute Gasteiger partial charge is 0.378 e. The predicted molar refractivity (Wildman–Crippen MR) is 106 cm³/mol. The Labute approximate surface area is 152 Å². The third-order valence-corrected chi connectivity index (χ3v) is 6.75. The van der Waals surface area contributed by atoms with E-state index < -0.39 is 0 Å². The second-order valence-electron chi connectivity index (χ2n) is 8.52. The number of fused-ring (bicyclic) bond motifs is 1. The van der Waals surface area contributed by atoms with Crippen molar-refractivity contribution in [3.63, 3.8) is 0 Å². The number of hydrogen-bond acceptors (Lipinski definition) is 2. The molecule has 0 saturated heterocycles. The number of anilines is 1. The van der Waals surface area contributed by atoms with Gasteiger partial charge in [0.25, 0.3) is 0 Å². The summed E-state index contributed by atoms with van der Waals surface area (Å²) in [5, 5.41) is 0. The molecule has 1 saturated carbocycles. The first-order valence-electron chi connectivity index (χ1n) is 9.59. The fourth-order valence-corrected chi connectivity index (χ4v) is 5.10. The van der Waals surface area contributed by atoms with Gasteiger partial charge in [-0.05, 0) is 74.0 Å². The lowest BCUT2D eigenvalue weighted by Gasteiger charge is -2.48. The van der Waals surface area contributed by atoms with E-state index in [1.807, 2.05) is 0 Å². The monoisotopic (exact) mass is 337 g/mol. The maximum absolute atomic E-state index is 11.2. The van der Waals surface area contributed by atoms with Crippen LogP contribution in [-0.2, 0) is 4.79 Å². The normalized spacial score (nSPS) is 29.8. The van der Waals surface area contributed by atoms with Crippen molar-refractivity contribution in [3.05, 3.63) is 47.6 Å². The van der Waals surface area contributed by atoms with Crippen LogP contribution in [0.2, 0.25) is 0 Å². The summed E-state index contributed by atoms with van der Waals surface area (Å²) in [7, 11) is 4.11. The van der Waals surface area contributed by atoms with Gasteiger partial charge >= 0.3 is 0 Å². The van der Waals surface area contributed by atoms with Crippen LogP contribution in [-0.4, -0.2) is 20.0 Å². The van der Waals surface area contributed by atoms with Crippen molar-refractivity contribution >= 4 is 11.6 Å². The molecular weight excluding hydrogens is 306 g/mol. The molecule has 4 unspecified atom stereocenters. The fraction of sp³-hybridized carbons (Fsp3) is 0.565. The smallest absolute Gasteiger partial charge is 0.120 e. The van der Waals surface area contributed by atoms with Crippen molar-refractivity contribution in [1.82, 2.24) is 0 Å². The van der Waals surface area contributed by atoms with Gasteiger partial charge in [0.15, 0.2) is 0 Å². The summed E-state index contributed by atoms with van der Waals surface area (Å²) in [6.45, 7) is 4.78. The summed E-state index contributed by atoms with van der Waals surface area (Å²) < 4.78 is 0. The van der Waals surface area contributed by atoms with Gasteiger partial charge < -0.3 is 4.90 Å². The molecule has 134 valence electrons. The lowest BCUT2D eigenvalue weighted by molar-refractivity contribution is 0.0824. The Morgan fingerprint density at radius 1 is 1.24 bits per heavy atom. The molecule has 0 spiro atoms. The number of nitrogens with zero attached hydrogens (tertiary/aromatic N) is 1. The Kier molecular flexibility index (Phi) is 5.20. The molecule has 0 amide bonds. The summed E-state index contributed by atoms with van der Waals surface area (Å²) in [5.74, 6) is 3.49. The molecule has 2 heteroatoms. The summed E-state index contributed by atoms with van der Waals surface area (Å²) in [6, 6.07) is 8.68. The highest BCUT2D eigenvalue weighted by Gasteiger charge is 2.43. The molecule has 1 fully saturated rings. The summed E-state index contributed by atoms with van der Waals surface area (Å²) in [6.07, 6.45) is 10.4. The van der Waals surface area contributed by atoms with E-state index in [1.54, 1.807) is 11.6 Å². The molecule has 2 aliphatic rings. The van der Waals surface area contributed by atoms with Crippen LogP contribution >= 0.6 is 0 Å². The number of carbonyl (C=O) groups excluding carboxylic acids is 1. The highest BCUT2D eigenvalue weighted by molar-refractivity contribution is 5.51. The Morgan fingerprint density at radius 3 is 2.60 bits per heavy atom. The number of benzene rings is 1. The maximum Gasteiger partial charge on any atom is 0.120 e. The summed E-state index contributed by atoms with van der Waals surface area (Å²) in [5.41, 5.74) is 4.47. The molecule has 0 bridgehead atoms. The molecule has 0 aromatic heterocycles. The van der Waals surface area contributed by atoms with Crippen molar-refractivity contribution in [3.8, 4) is 0 Å².